The molecule has 2 heterocycles. The number of amides is 1. The van der Waals surface area contributed by atoms with Crippen molar-refractivity contribution in [2.75, 3.05) is 25.5 Å². The number of nitrogens with one attached hydrogen (secondary N) is 1. The van der Waals surface area contributed by atoms with Gasteiger partial charge < -0.3 is 14.8 Å². The van der Waals surface area contributed by atoms with Crippen LogP contribution < -0.4 is 10.1 Å². The first-order valence-corrected chi connectivity index (χ1v) is 11.5. The summed E-state index contributed by atoms with van der Waals surface area (Å²) in [6.07, 6.45) is 2.19. The van der Waals surface area contributed by atoms with Crippen molar-refractivity contribution in [1.82, 2.24) is 20.1 Å². The number of hydrogen-bond donors (Lipinski definition) is 1. The molecule has 1 aliphatic heterocycles. The van der Waals surface area contributed by atoms with Gasteiger partial charge in [-0.05, 0) is 44.0 Å². The third kappa shape index (κ3) is 5.45. The van der Waals surface area contributed by atoms with Crippen LogP contribution in [0.5, 0.6) is 5.75 Å². The first kappa shape index (κ1) is 21.4. The zero-order valence-corrected chi connectivity index (χ0v) is 18.3. The molecule has 1 amide bonds. The molecule has 0 bridgehead atoms. The number of nitrogens with zero attached hydrogens (tertiary/aromatic N) is 3. The Bertz CT molecular complexity index is 986. The van der Waals surface area contributed by atoms with Crippen LogP contribution in [0.3, 0.4) is 0 Å². The minimum Gasteiger partial charge on any atom is -0.494 e. The molecule has 1 aromatic heterocycles. The SMILES string of the molecule is CCOc1ccc(-n2c(SCC(=O)NC[C@@H]3CCCO3)nnc2-c2ccccc2)cc1. The van der Waals surface area contributed by atoms with Gasteiger partial charge in [0.2, 0.25) is 5.91 Å². The molecule has 8 heteroatoms. The standard InChI is InChI=1S/C23H26N4O3S/c1-2-29-19-12-10-18(11-13-19)27-22(17-7-4-3-5-8-17)25-26-23(27)31-16-21(28)24-15-20-9-6-14-30-20/h3-5,7-8,10-13,20H,2,6,9,14-16H2,1H3,(H,24,28)/t20-/m0/s1. The van der Waals surface area contributed by atoms with E-state index in [0.717, 1.165) is 42.3 Å². The van der Waals surface area contributed by atoms with Gasteiger partial charge in [0, 0.05) is 24.4 Å². The second-order valence-corrected chi connectivity index (χ2v) is 8.10. The Hall–Kier alpha value is -2.84. The summed E-state index contributed by atoms with van der Waals surface area (Å²) in [5, 5.41) is 12.4. The van der Waals surface area contributed by atoms with Crippen LogP contribution in [0.1, 0.15) is 19.8 Å². The number of hydrogen-bond acceptors (Lipinski definition) is 6. The average Bonchev–Trinajstić information content (AvgIpc) is 3.48. The minimum atomic E-state index is -0.0389. The topological polar surface area (TPSA) is 78.3 Å². The van der Waals surface area contributed by atoms with Gasteiger partial charge in [0.1, 0.15) is 5.75 Å². The molecule has 1 fully saturated rings. The van der Waals surface area contributed by atoms with Crippen molar-refractivity contribution in [2.24, 2.45) is 0 Å². The molecule has 31 heavy (non-hydrogen) atoms. The number of benzene rings is 2. The van der Waals surface area contributed by atoms with Gasteiger partial charge in [0.15, 0.2) is 11.0 Å². The van der Waals surface area contributed by atoms with Crippen molar-refractivity contribution in [3.05, 3.63) is 54.6 Å². The van der Waals surface area contributed by atoms with Crippen LogP contribution >= 0.6 is 11.8 Å². The summed E-state index contributed by atoms with van der Waals surface area (Å²) in [5.41, 5.74) is 1.87. The maximum Gasteiger partial charge on any atom is 0.230 e. The van der Waals surface area contributed by atoms with Crippen LogP contribution in [0.25, 0.3) is 17.1 Å². The van der Waals surface area contributed by atoms with Crippen molar-refractivity contribution < 1.29 is 14.3 Å². The number of thioether (sulfide) groups is 1. The smallest absolute Gasteiger partial charge is 0.230 e. The van der Waals surface area contributed by atoms with Crippen LogP contribution in [0, 0.1) is 0 Å². The lowest BCUT2D eigenvalue weighted by Crippen LogP contribution is -2.32. The van der Waals surface area contributed by atoms with Gasteiger partial charge in [-0.3, -0.25) is 9.36 Å². The Kier molecular flexibility index (Phi) is 7.22. The Morgan fingerprint density at radius 2 is 2.00 bits per heavy atom. The summed E-state index contributed by atoms with van der Waals surface area (Å²) in [7, 11) is 0. The van der Waals surface area contributed by atoms with E-state index in [1.54, 1.807) is 0 Å². The number of carbonyl (C=O) groups is 1. The molecule has 0 radical (unpaired) electrons. The highest BCUT2D eigenvalue weighted by molar-refractivity contribution is 7.99. The van der Waals surface area contributed by atoms with Gasteiger partial charge in [0.25, 0.3) is 0 Å². The predicted molar refractivity (Wildman–Crippen MR) is 121 cm³/mol. The molecule has 0 spiro atoms. The van der Waals surface area contributed by atoms with Crippen molar-refractivity contribution in [3.63, 3.8) is 0 Å². The van der Waals surface area contributed by atoms with Crippen molar-refractivity contribution in [3.8, 4) is 22.8 Å². The Morgan fingerprint density at radius 1 is 1.19 bits per heavy atom. The lowest BCUT2D eigenvalue weighted by Gasteiger charge is -2.12. The fourth-order valence-electron chi connectivity index (χ4n) is 3.44. The van der Waals surface area contributed by atoms with E-state index < -0.39 is 0 Å². The van der Waals surface area contributed by atoms with Crippen LogP contribution in [-0.2, 0) is 9.53 Å². The van der Waals surface area contributed by atoms with E-state index in [1.165, 1.54) is 11.8 Å². The lowest BCUT2D eigenvalue weighted by atomic mass is 10.2. The van der Waals surface area contributed by atoms with Gasteiger partial charge in [-0.2, -0.15) is 0 Å². The second-order valence-electron chi connectivity index (χ2n) is 7.16. The van der Waals surface area contributed by atoms with Crippen LogP contribution in [0.15, 0.2) is 59.8 Å². The predicted octanol–water partition coefficient (Wildman–Crippen LogP) is 3.72. The Morgan fingerprint density at radius 3 is 2.71 bits per heavy atom. The highest BCUT2D eigenvalue weighted by Crippen LogP contribution is 2.28. The highest BCUT2D eigenvalue weighted by Gasteiger charge is 2.19. The van der Waals surface area contributed by atoms with Gasteiger partial charge in [-0.15, -0.1) is 10.2 Å². The number of aromatic nitrogens is 3. The number of rotatable bonds is 9. The van der Waals surface area contributed by atoms with Gasteiger partial charge in [-0.1, -0.05) is 42.1 Å². The monoisotopic (exact) mass is 438 g/mol. The maximum absolute atomic E-state index is 12.4. The molecule has 4 rings (SSSR count). The summed E-state index contributed by atoms with van der Waals surface area (Å²) >= 11 is 1.37. The zero-order valence-electron chi connectivity index (χ0n) is 17.5. The van der Waals surface area contributed by atoms with E-state index >= 15 is 0 Å². The summed E-state index contributed by atoms with van der Waals surface area (Å²) < 4.78 is 13.1. The molecular formula is C23H26N4O3S. The lowest BCUT2D eigenvalue weighted by molar-refractivity contribution is -0.119. The molecule has 0 unspecified atom stereocenters. The van der Waals surface area contributed by atoms with Crippen LogP contribution in [-0.4, -0.2) is 52.3 Å². The van der Waals surface area contributed by atoms with E-state index in [0.29, 0.717) is 18.3 Å². The summed E-state index contributed by atoms with van der Waals surface area (Å²) in [5.74, 6) is 1.76. The van der Waals surface area contributed by atoms with Gasteiger partial charge >= 0.3 is 0 Å². The molecule has 0 aliphatic carbocycles. The summed E-state index contributed by atoms with van der Waals surface area (Å²) in [4.78, 5) is 12.4. The van der Waals surface area contributed by atoms with Crippen molar-refractivity contribution >= 4 is 17.7 Å². The molecule has 3 aromatic rings. The highest BCUT2D eigenvalue weighted by atomic mass is 32.2. The van der Waals surface area contributed by atoms with Crippen molar-refractivity contribution in [1.29, 1.82) is 0 Å². The average molecular weight is 439 g/mol. The number of carbonyl (C=O) groups excluding carboxylic acids is 1. The van der Waals surface area contributed by atoms with E-state index in [4.69, 9.17) is 9.47 Å². The molecule has 162 valence electrons. The molecule has 1 N–H and O–H groups in total. The van der Waals surface area contributed by atoms with Gasteiger partial charge in [-0.25, -0.2) is 0 Å². The first-order valence-electron chi connectivity index (χ1n) is 10.5. The molecule has 0 saturated carbocycles. The minimum absolute atomic E-state index is 0.0389. The number of ether oxygens (including phenoxy) is 2. The largest absolute Gasteiger partial charge is 0.494 e. The maximum atomic E-state index is 12.4. The van der Waals surface area contributed by atoms with E-state index in [2.05, 4.69) is 15.5 Å². The van der Waals surface area contributed by atoms with Crippen LogP contribution in [0.4, 0.5) is 0 Å². The van der Waals surface area contributed by atoms with E-state index in [1.807, 2.05) is 66.1 Å². The molecule has 1 aliphatic rings. The third-order valence-corrected chi connectivity index (χ3v) is 5.88. The fraction of sp³-hybridized carbons (Fsp3) is 0.348. The fourth-order valence-corrected chi connectivity index (χ4v) is 4.22. The van der Waals surface area contributed by atoms with E-state index in [9.17, 15) is 4.79 Å². The molecular weight excluding hydrogens is 412 g/mol. The van der Waals surface area contributed by atoms with Crippen LogP contribution in [0.2, 0.25) is 0 Å². The van der Waals surface area contributed by atoms with Crippen molar-refractivity contribution in [2.45, 2.75) is 31.0 Å². The molecule has 1 saturated heterocycles. The summed E-state index contributed by atoms with van der Waals surface area (Å²) in [6, 6.07) is 17.7. The molecule has 2 aromatic carbocycles. The molecule has 7 nitrogen and oxygen atoms in total. The normalized spacial score (nSPS) is 15.7. The van der Waals surface area contributed by atoms with E-state index in [-0.39, 0.29) is 17.8 Å². The quantitative estimate of drug-likeness (QED) is 0.513. The Balaban J connectivity index is 1.52. The molecule has 1 atom stereocenters. The first-order chi connectivity index (χ1) is 15.2. The summed E-state index contributed by atoms with van der Waals surface area (Å²) in [6.45, 7) is 3.91. The third-order valence-electron chi connectivity index (χ3n) is 4.95. The second kappa shape index (κ2) is 10.5. The zero-order chi connectivity index (χ0) is 21.5. The Labute approximate surface area is 186 Å². The van der Waals surface area contributed by atoms with Gasteiger partial charge in [0.05, 0.1) is 18.5 Å².